The number of alkyl halides is 2. The second-order valence-corrected chi connectivity index (χ2v) is 6.19. The minimum Gasteiger partial charge on any atom is -0.493 e. The highest BCUT2D eigenvalue weighted by atomic mass is 79.9. The average Bonchev–Trinajstić information content (AvgIpc) is 2.62. The molecule has 0 radical (unpaired) electrons. The van der Waals surface area contributed by atoms with Crippen molar-refractivity contribution in [2.75, 3.05) is 19.0 Å². The van der Waals surface area contributed by atoms with Gasteiger partial charge in [0.05, 0.1) is 12.7 Å². The Kier molecular flexibility index (Phi) is 7.12. The van der Waals surface area contributed by atoms with Crippen LogP contribution in [0.3, 0.4) is 0 Å². The zero-order valence-corrected chi connectivity index (χ0v) is 16.0. The molecule has 0 saturated heterocycles. The highest BCUT2D eigenvalue weighted by Gasteiger charge is 2.16. The van der Waals surface area contributed by atoms with Gasteiger partial charge in [-0.05, 0) is 48.9 Å². The molecule has 0 aliphatic heterocycles. The van der Waals surface area contributed by atoms with Gasteiger partial charge in [0, 0.05) is 10.2 Å². The second-order valence-electron chi connectivity index (χ2n) is 5.33. The highest BCUT2D eigenvalue weighted by Crippen LogP contribution is 2.29. The van der Waals surface area contributed by atoms with Crippen LogP contribution >= 0.6 is 15.9 Å². The minimum absolute atomic E-state index is 0.0285. The highest BCUT2D eigenvalue weighted by molar-refractivity contribution is 9.10. The molecular weight excluding hydrogens is 428 g/mol. The third kappa shape index (κ3) is 5.92. The van der Waals surface area contributed by atoms with Gasteiger partial charge in [0.15, 0.2) is 18.1 Å². The van der Waals surface area contributed by atoms with Gasteiger partial charge in [0.1, 0.15) is 0 Å². The Balaban J connectivity index is 1.96. The zero-order valence-electron chi connectivity index (χ0n) is 14.4. The first-order valence-electron chi connectivity index (χ1n) is 7.66. The van der Waals surface area contributed by atoms with Gasteiger partial charge in [-0.2, -0.15) is 8.78 Å². The number of amides is 1. The molecule has 2 aromatic carbocycles. The SMILES string of the molecule is COc1cc(C(=O)OCC(=O)Nc2ccc(Br)c(C)c2)ccc1OC(F)F. The van der Waals surface area contributed by atoms with Crippen molar-refractivity contribution in [2.24, 2.45) is 0 Å². The number of aryl methyl sites for hydroxylation is 1. The molecule has 2 rings (SSSR count). The van der Waals surface area contributed by atoms with E-state index in [-0.39, 0.29) is 17.1 Å². The number of hydrogen-bond acceptors (Lipinski definition) is 5. The van der Waals surface area contributed by atoms with Gasteiger partial charge < -0.3 is 19.5 Å². The molecule has 0 atom stereocenters. The summed E-state index contributed by atoms with van der Waals surface area (Å²) in [7, 11) is 1.25. The fourth-order valence-corrected chi connectivity index (χ4v) is 2.37. The van der Waals surface area contributed by atoms with Gasteiger partial charge in [-0.25, -0.2) is 4.79 Å². The summed E-state index contributed by atoms with van der Waals surface area (Å²) in [5, 5.41) is 2.61. The third-order valence-corrected chi connectivity index (χ3v) is 4.28. The molecule has 0 saturated carbocycles. The van der Waals surface area contributed by atoms with Crippen molar-refractivity contribution in [1.29, 1.82) is 0 Å². The lowest BCUT2D eigenvalue weighted by molar-refractivity contribution is -0.119. The molecule has 0 aromatic heterocycles. The smallest absolute Gasteiger partial charge is 0.387 e. The number of hydrogen-bond donors (Lipinski definition) is 1. The standard InChI is InChI=1S/C18H16BrF2NO5/c1-10-7-12(4-5-13(10)19)22-16(23)9-26-17(24)11-3-6-14(27-18(20)21)15(8-11)25-2/h3-8,18H,9H2,1-2H3,(H,22,23). The van der Waals surface area contributed by atoms with E-state index in [4.69, 9.17) is 9.47 Å². The van der Waals surface area contributed by atoms with Crippen LogP contribution in [0.4, 0.5) is 14.5 Å². The number of rotatable bonds is 7. The Morgan fingerprint density at radius 2 is 1.89 bits per heavy atom. The van der Waals surface area contributed by atoms with Gasteiger partial charge in [0.2, 0.25) is 0 Å². The van der Waals surface area contributed by atoms with Crippen molar-refractivity contribution in [3.8, 4) is 11.5 Å². The van der Waals surface area contributed by atoms with E-state index in [1.165, 1.54) is 19.2 Å². The van der Waals surface area contributed by atoms with Crippen LogP contribution < -0.4 is 14.8 Å². The number of carbonyl (C=O) groups is 2. The quantitative estimate of drug-likeness (QED) is 0.650. The van der Waals surface area contributed by atoms with Gasteiger partial charge in [-0.15, -0.1) is 0 Å². The van der Waals surface area contributed by atoms with E-state index < -0.39 is 25.1 Å². The Morgan fingerprint density at radius 1 is 1.15 bits per heavy atom. The van der Waals surface area contributed by atoms with E-state index in [1.807, 2.05) is 6.92 Å². The van der Waals surface area contributed by atoms with Crippen LogP contribution in [0.5, 0.6) is 11.5 Å². The van der Waals surface area contributed by atoms with Crippen LogP contribution in [0, 0.1) is 6.92 Å². The summed E-state index contributed by atoms with van der Waals surface area (Å²) in [6.07, 6.45) is 0. The molecular formula is C18H16BrF2NO5. The molecule has 144 valence electrons. The second kappa shape index (κ2) is 9.31. The number of halogens is 3. The number of benzene rings is 2. The Morgan fingerprint density at radius 3 is 2.52 bits per heavy atom. The molecule has 0 spiro atoms. The summed E-state index contributed by atoms with van der Waals surface area (Å²) >= 11 is 3.36. The van der Waals surface area contributed by atoms with Crippen molar-refractivity contribution in [2.45, 2.75) is 13.5 Å². The molecule has 0 unspecified atom stereocenters. The van der Waals surface area contributed by atoms with Crippen molar-refractivity contribution >= 4 is 33.5 Å². The number of anilines is 1. The first-order valence-corrected chi connectivity index (χ1v) is 8.45. The van der Waals surface area contributed by atoms with Crippen molar-refractivity contribution in [1.82, 2.24) is 0 Å². The number of carbonyl (C=O) groups excluding carboxylic acids is 2. The summed E-state index contributed by atoms with van der Waals surface area (Å²) in [5.41, 5.74) is 1.52. The van der Waals surface area contributed by atoms with Gasteiger partial charge >= 0.3 is 12.6 Å². The lowest BCUT2D eigenvalue weighted by Crippen LogP contribution is -2.21. The lowest BCUT2D eigenvalue weighted by Gasteiger charge is -2.11. The van der Waals surface area contributed by atoms with Crippen LogP contribution in [0.1, 0.15) is 15.9 Å². The van der Waals surface area contributed by atoms with Crippen molar-refractivity contribution in [3.63, 3.8) is 0 Å². The van der Waals surface area contributed by atoms with Crippen LogP contribution in [-0.4, -0.2) is 32.2 Å². The number of methoxy groups -OCH3 is 1. The van der Waals surface area contributed by atoms with Crippen molar-refractivity contribution < 1.29 is 32.6 Å². The normalized spacial score (nSPS) is 10.4. The van der Waals surface area contributed by atoms with E-state index in [9.17, 15) is 18.4 Å². The fraction of sp³-hybridized carbons (Fsp3) is 0.222. The van der Waals surface area contributed by atoms with Gasteiger partial charge in [0.25, 0.3) is 5.91 Å². The number of nitrogens with one attached hydrogen (secondary N) is 1. The molecule has 6 nitrogen and oxygen atoms in total. The maximum Gasteiger partial charge on any atom is 0.387 e. The van der Waals surface area contributed by atoms with Gasteiger partial charge in [-0.1, -0.05) is 15.9 Å². The van der Waals surface area contributed by atoms with Crippen LogP contribution in [0.15, 0.2) is 40.9 Å². The lowest BCUT2D eigenvalue weighted by atomic mass is 10.2. The van der Waals surface area contributed by atoms with E-state index in [2.05, 4.69) is 26.0 Å². The van der Waals surface area contributed by atoms with Crippen LogP contribution in [0.2, 0.25) is 0 Å². The Bertz CT molecular complexity index is 844. The van der Waals surface area contributed by atoms with E-state index in [0.29, 0.717) is 5.69 Å². The zero-order chi connectivity index (χ0) is 20.0. The topological polar surface area (TPSA) is 73.9 Å². The summed E-state index contributed by atoms with van der Waals surface area (Å²) in [6.45, 7) is -1.66. The van der Waals surface area contributed by atoms with E-state index in [1.54, 1.807) is 18.2 Å². The Hall–Kier alpha value is -2.68. The third-order valence-electron chi connectivity index (χ3n) is 3.39. The number of ether oxygens (including phenoxy) is 3. The molecule has 0 aliphatic carbocycles. The maximum atomic E-state index is 12.3. The number of esters is 1. The molecule has 1 N–H and O–H groups in total. The summed E-state index contributed by atoms with van der Waals surface area (Å²) in [6, 6.07) is 8.83. The minimum atomic E-state index is -3.03. The summed E-state index contributed by atoms with van der Waals surface area (Å²) in [5.74, 6) is -1.60. The first-order chi connectivity index (χ1) is 12.8. The van der Waals surface area contributed by atoms with Crippen molar-refractivity contribution in [3.05, 3.63) is 52.0 Å². The molecule has 0 heterocycles. The molecule has 0 fully saturated rings. The average molecular weight is 444 g/mol. The first kappa shape index (κ1) is 20.6. The Labute approximate surface area is 162 Å². The van der Waals surface area contributed by atoms with E-state index in [0.717, 1.165) is 16.1 Å². The monoisotopic (exact) mass is 443 g/mol. The predicted molar refractivity (Wildman–Crippen MR) is 97.4 cm³/mol. The molecule has 2 aromatic rings. The van der Waals surface area contributed by atoms with Gasteiger partial charge in [-0.3, -0.25) is 4.79 Å². The molecule has 27 heavy (non-hydrogen) atoms. The largest absolute Gasteiger partial charge is 0.493 e. The fourth-order valence-electron chi connectivity index (χ4n) is 2.12. The van der Waals surface area contributed by atoms with Crippen LogP contribution in [-0.2, 0) is 9.53 Å². The molecule has 1 amide bonds. The van der Waals surface area contributed by atoms with E-state index >= 15 is 0 Å². The molecule has 9 heteroatoms. The molecule has 0 aliphatic rings. The maximum absolute atomic E-state index is 12.3. The van der Waals surface area contributed by atoms with Crippen LogP contribution in [0.25, 0.3) is 0 Å². The predicted octanol–water partition coefficient (Wildman–Crippen LogP) is 4.16. The summed E-state index contributed by atoms with van der Waals surface area (Å²) < 4.78 is 39.7. The molecule has 0 bridgehead atoms. The summed E-state index contributed by atoms with van der Waals surface area (Å²) in [4.78, 5) is 24.0.